The lowest BCUT2D eigenvalue weighted by molar-refractivity contribution is 0.148. The van der Waals surface area contributed by atoms with Gasteiger partial charge in [-0.15, -0.1) is 13.2 Å². The van der Waals surface area contributed by atoms with E-state index >= 15 is 0 Å². The van der Waals surface area contributed by atoms with Gasteiger partial charge in [-0.1, -0.05) is 24.3 Å². The highest BCUT2D eigenvalue weighted by Crippen LogP contribution is 2.18. The second kappa shape index (κ2) is 7.69. The van der Waals surface area contributed by atoms with Crippen LogP contribution in [0.5, 0.6) is 0 Å². The van der Waals surface area contributed by atoms with Crippen LogP contribution in [0.25, 0.3) is 0 Å². The Morgan fingerprint density at radius 1 is 1.17 bits per heavy atom. The van der Waals surface area contributed by atoms with Crippen molar-refractivity contribution in [3.05, 3.63) is 55.1 Å². The van der Waals surface area contributed by atoms with Crippen LogP contribution in [0.3, 0.4) is 0 Å². The number of aliphatic hydroxyl groups is 1. The molecule has 0 spiro atoms. The van der Waals surface area contributed by atoms with Gasteiger partial charge in [0.15, 0.2) is 0 Å². The molecule has 18 heavy (non-hydrogen) atoms. The molecule has 0 aliphatic rings. The van der Waals surface area contributed by atoms with Crippen molar-refractivity contribution in [2.75, 3.05) is 25.4 Å². The van der Waals surface area contributed by atoms with Gasteiger partial charge < -0.3 is 10.8 Å². The zero-order chi connectivity index (χ0) is 13.4. The number of hydrogen-bond donors (Lipinski definition) is 2. The van der Waals surface area contributed by atoms with Crippen molar-refractivity contribution in [2.45, 2.75) is 12.5 Å². The fraction of sp³-hybridized carbons (Fsp3) is 0.333. The van der Waals surface area contributed by atoms with E-state index in [2.05, 4.69) is 18.1 Å². The molecule has 0 saturated heterocycles. The third-order valence-electron chi connectivity index (χ3n) is 2.81. The summed E-state index contributed by atoms with van der Waals surface area (Å²) in [7, 11) is 0. The summed E-state index contributed by atoms with van der Waals surface area (Å²) in [5.41, 5.74) is 7.23. The zero-order valence-corrected chi connectivity index (χ0v) is 10.8. The third kappa shape index (κ3) is 4.73. The molecule has 98 valence electrons. The van der Waals surface area contributed by atoms with E-state index < -0.39 is 6.10 Å². The molecule has 3 nitrogen and oxygen atoms in total. The van der Waals surface area contributed by atoms with Gasteiger partial charge in [-0.05, 0) is 24.1 Å². The molecular weight excluding hydrogens is 224 g/mol. The van der Waals surface area contributed by atoms with Gasteiger partial charge in [0.25, 0.3) is 0 Å². The third-order valence-corrected chi connectivity index (χ3v) is 2.81. The molecule has 0 heterocycles. The molecule has 0 saturated carbocycles. The van der Waals surface area contributed by atoms with Crippen LogP contribution in [0, 0.1) is 0 Å². The van der Waals surface area contributed by atoms with Crippen LogP contribution in [0.2, 0.25) is 0 Å². The Morgan fingerprint density at radius 3 is 2.22 bits per heavy atom. The standard InChI is InChI=1S/C15H22N2O/c1-3-10-17(11-4-2)12-9-15(18)13-5-7-14(16)8-6-13/h3-8,15,18H,1-2,9-12,16H2. The van der Waals surface area contributed by atoms with Crippen molar-refractivity contribution in [1.82, 2.24) is 4.90 Å². The molecule has 3 N–H and O–H groups in total. The van der Waals surface area contributed by atoms with E-state index in [4.69, 9.17) is 5.73 Å². The minimum atomic E-state index is -0.456. The second-order valence-electron chi connectivity index (χ2n) is 4.31. The van der Waals surface area contributed by atoms with Gasteiger partial charge in [0.05, 0.1) is 6.10 Å². The van der Waals surface area contributed by atoms with E-state index in [1.165, 1.54) is 0 Å². The number of nitrogens with two attached hydrogens (primary N) is 1. The van der Waals surface area contributed by atoms with Crippen molar-refractivity contribution >= 4 is 5.69 Å². The number of anilines is 1. The van der Waals surface area contributed by atoms with E-state index in [1.54, 1.807) is 0 Å². The van der Waals surface area contributed by atoms with Crippen molar-refractivity contribution < 1.29 is 5.11 Å². The summed E-state index contributed by atoms with van der Waals surface area (Å²) in [6.45, 7) is 9.87. The van der Waals surface area contributed by atoms with Gasteiger partial charge in [0.1, 0.15) is 0 Å². The van der Waals surface area contributed by atoms with Gasteiger partial charge >= 0.3 is 0 Å². The van der Waals surface area contributed by atoms with Crippen molar-refractivity contribution in [1.29, 1.82) is 0 Å². The van der Waals surface area contributed by atoms with Crippen LogP contribution in [0.15, 0.2) is 49.6 Å². The molecule has 0 bridgehead atoms. The average Bonchev–Trinajstić information content (AvgIpc) is 2.37. The highest BCUT2D eigenvalue weighted by Gasteiger charge is 2.09. The summed E-state index contributed by atoms with van der Waals surface area (Å²) < 4.78 is 0. The first-order chi connectivity index (χ1) is 8.67. The Balaban J connectivity index is 2.48. The average molecular weight is 246 g/mol. The SMILES string of the molecule is C=CCN(CC=C)CCC(O)c1ccc(N)cc1. The first kappa shape index (κ1) is 14.5. The van der Waals surface area contributed by atoms with Gasteiger partial charge in [0.2, 0.25) is 0 Å². The van der Waals surface area contributed by atoms with E-state index in [-0.39, 0.29) is 0 Å². The molecule has 0 amide bonds. The number of nitrogen functional groups attached to an aromatic ring is 1. The van der Waals surface area contributed by atoms with Crippen LogP contribution in [0.4, 0.5) is 5.69 Å². The second-order valence-corrected chi connectivity index (χ2v) is 4.31. The van der Waals surface area contributed by atoms with E-state index in [1.807, 2.05) is 36.4 Å². The highest BCUT2D eigenvalue weighted by atomic mass is 16.3. The van der Waals surface area contributed by atoms with Gasteiger partial charge in [-0.25, -0.2) is 0 Å². The summed E-state index contributed by atoms with van der Waals surface area (Å²) in [6, 6.07) is 7.35. The fourth-order valence-corrected chi connectivity index (χ4v) is 1.81. The van der Waals surface area contributed by atoms with Gasteiger partial charge in [0, 0.05) is 25.3 Å². The van der Waals surface area contributed by atoms with Crippen LogP contribution < -0.4 is 5.73 Å². The monoisotopic (exact) mass is 246 g/mol. The maximum atomic E-state index is 10.1. The van der Waals surface area contributed by atoms with E-state index in [0.29, 0.717) is 12.1 Å². The molecular formula is C15H22N2O. The lowest BCUT2D eigenvalue weighted by Gasteiger charge is -2.20. The molecule has 1 atom stereocenters. The minimum Gasteiger partial charge on any atom is -0.399 e. The normalized spacial score (nSPS) is 12.3. The molecule has 3 heteroatoms. The molecule has 1 rings (SSSR count). The maximum Gasteiger partial charge on any atom is 0.0802 e. The number of hydrogen-bond acceptors (Lipinski definition) is 3. The van der Waals surface area contributed by atoms with Crippen molar-refractivity contribution in [3.8, 4) is 0 Å². The molecule has 1 unspecified atom stereocenters. The van der Waals surface area contributed by atoms with E-state index in [9.17, 15) is 5.11 Å². The summed E-state index contributed by atoms with van der Waals surface area (Å²) in [5.74, 6) is 0. The first-order valence-electron chi connectivity index (χ1n) is 6.15. The largest absolute Gasteiger partial charge is 0.399 e. The molecule has 0 fully saturated rings. The minimum absolute atomic E-state index is 0.456. The zero-order valence-electron chi connectivity index (χ0n) is 10.8. The summed E-state index contributed by atoms with van der Waals surface area (Å²) >= 11 is 0. The molecule has 0 aliphatic heterocycles. The highest BCUT2D eigenvalue weighted by molar-refractivity contribution is 5.39. The predicted octanol–water partition coefficient (Wildman–Crippen LogP) is 2.37. The molecule has 0 aromatic heterocycles. The Kier molecular flexibility index (Phi) is 6.19. The number of benzene rings is 1. The number of rotatable bonds is 8. The Labute approximate surface area is 109 Å². The quantitative estimate of drug-likeness (QED) is 0.547. The Bertz CT molecular complexity index is 363. The van der Waals surface area contributed by atoms with Crippen LogP contribution in [0.1, 0.15) is 18.1 Å². The Hall–Kier alpha value is -1.58. The van der Waals surface area contributed by atoms with Crippen molar-refractivity contribution in [3.63, 3.8) is 0 Å². The molecule has 1 aromatic rings. The van der Waals surface area contributed by atoms with Crippen molar-refractivity contribution in [2.24, 2.45) is 0 Å². The molecule has 0 aliphatic carbocycles. The van der Waals surface area contributed by atoms with Crippen LogP contribution in [-0.2, 0) is 0 Å². The maximum absolute atomic E-state index is 10.1. The van der Waals surface area contributed by atoms with Gasteiger partial charge in [-0.2, -0.15) is 0 Å². The first-order valence-corrected chi connectivity index (χ1v) is 6.15. The topological polar surface area (TPSA) is 49.5 Å². The lowest BCUT2D eigenvalue weighted by atomic mass is 10.1. The van der Waals surface area contributed by atoms with E-state index in [0.717, 1.165) is 25.2 Å². The Morgan fingerprint density at radius 2 is 1.72 bits per heavy atom. The smallest absolute Gasteiger partial charge is 0.0802 e. The number of aliphatic hydroxyl groups excluding tert-OH is 1. The summed E-state index contributed by atoms with van der Waals surface area (Å²) in [4.78, 5) is 2.18. The number of nitrogens with zero attached hydrogens (tertiary/aromatic N) is 1. The summed E-state index contributed by atoms with van der Waals surface area (Å²) in [6.07, 6.45) is 3.95. The molecule has 0 radical (unpaired) electrons. The van der Waals surface area contributed by atoms with Crippen LogP contribution in [-0.4, -0.2) is 29.6 Å². The fourth-order valence-electron chi connectivity index (χ4n) is 1.81. The lowest BCUT2D eigenvalue weighted by Crippen LogP contribution is -2.26. The van der Waals surface area contributed by atoms with Gasteiger partial charge in [-0.3, -0.25) is 4.90 Å². The summed E-state index contributed by atoms with van der Waals surface area (Å²) in [5, 5.41) is 10.1. The predicted molar refractivity (Wildman–Crippen MR) is 77.3 cm³/mol. The van der Waals surface area contributed by atoms with Crippen LogP contribution >= 0.6 is 0 Å². The molecule has 1 aromatic carbocycles.